The van der Waals surface area contributed by atoms with Crippen LogP contribution in [-0.4, -0.2) is 47.5 Å². The molecule has 2 N–H and O–H groups in total. The number of aromatic hydroxyl groups is 1. The smallest absolute Gasteiger partial charge is 0.393 e. The van der Waals surface area contributed by atoms with Gasteiger partial charge < -0.3 is 14.9 Å². The molecule has 3 aromatic rings. The lowest BCUT2D eigenvalue weighted by atomic mass is 9.76. The molecule has 5 rings (SSSR count). The minimum atomic E-state index is -4.45. The number of fused-ring (bicyclic) bond motifs is 1. The van der Waals surface area contributed by atoms with Gasteiger partial charge in [-0.1, -0.05) is 25.0 Å². The minimum Gasteiger partial charge on any atom is -0.512 e. The van der Waals surface area contributed by atoms with Gasteiger partial charge in [0.1, 0.15) is 17.1 Å². The van der Waals surface area contributed by atoms with E-state index in [-0.39, 0.29) is 35.7 Å². The molecule has 1 saturated carbocycles. The van der Waals surface area contributed by atoms with E-state index in [1.807, 2.05) is 6.92 Å². The zero-order chi connectivity index (χ0) is 27.1. The minimum absolute atomic E-state index is 0.00736. The number of aromatic nitrogens is 4. The molecule has 1 aliphatic heterocycles. The van der Waals surface area contributed by atoms with Gasteiger partial charge in [0.2, 0.25) is 0 Å². The Kier molecular flexibility index (Phi) is 6.79. The summed E-state index contributed by atoms with van der Waals surface area (Å²) in [6.45, 7) is 1.87. The molecule has 1 fully saturated rings. The van der Waals surface area contributed by atoms with E-state index in [9.17, 15) is 28.2 Å². The average molecular weight is 531 g/mol. The van der Waals surface area contributed by atoms with Gasteiger partial charge in [-0.2, -0.15) is 18.2 Å². The molecule has 2 aromatic heterocycles. The second kappa shape index (κ2) is 9.92. The lowest BCUT2D eigenvalue weighted by Gasteiger charge is -2.41. The monoisotopic (exact) mass is 530 g/mol. The molecule has 0 amide bonds. The van der Waals surface area contributed by atoms with Crippen LogP contribution in [0.4, 0.5) is 13.2 Å². The summed E-state index contributed by atoms with van der Waals surface area (Å²) in [6.07, 6.45) is 2.17. The number of cyclic esters (lactones) is 1. The van der Waals surface area contributed by atoms with Crippen LogP contribution >= 0.6 is 0 Å². The molecular formula is C27H29F3N4O4. The van der Waals surface area contributed by atoms with Gasteiger partial charge in [0, 0.05) is 30.8 Å². The van der Waals surface area contributed by atoms with E-state index in [4.69, 9.17) is 4.74 Å². The van der Waals surface area contributed by atoms with Crippen LogP contribution in [0.1, 0.15) is 61.0 Å². The first kappa shape index (κ1) is 26.0. The number of aryl methyl sites for hydroxylation is 2. The number of carbonyl (C=O) groups is 1. The molecule has 1 aliphatic carbocycles. The summed E-state index contributed by atoms with van der Waals surface area (Å²) in [7, 11) is 0. The van der Waals surface area contributed by atoms with Crippen LogP contribution in [0.2, 0.25) is 0 Å². The van der Waals surface area contributed by atoms with Gasteiger partial charge >= 0.3 is 12.1 Å². The van der Waals surface area contributed by atoms with E-state index in [0.717, 1.165) is 31.2 Å². The molecule has 2 aliphatic rings. The van der Waals surface area contributed by atoms with Crippen LogP contribution < -0.4 is 0 Å². The number of phenols is 1. The number of nitrogens with zero attached hydrogens (tertiary/aromatic N) is 4. The zero-order valence-corrected chi connectivity index (χ0v) is 21.0. The van der Waals surface area contributed by atoms with Gasteiger partial charge in [0.05, 0.1) is 12.0 Å². The van der Waals surface area contributed by atoms with E-state index in [0.29, 0.717) is 30.0 Å². The number of hydrogen-bond acceptors (Lipinski definition) is 7. The van der Waals surface area contributed by atoms with E-state index < -0.39 is 29.9 Å². The van der Waals surface area contributed by atoms with Crippen molar-refractivity contribution in [3.05, 3.63) is 64.4 Å². The van der Waals surface area contributed by atoms with Crippen LogP contribution in [0.15, 0.2) is 41.9 Å². The van der Waals surface area contributed by atoms with Crippen LogP contribution in [0.25, 0.3) is 5.78 Å². The highest BCUT2D eigenvalue weighted by atomic mass is 19.4. The van der Waals surface area contributed by atoms with Crippen molar-refractivity contribution < 1.29 is 32.9 Å². The number of esters is 1. The number of ether oxygens (including phenoxy) is 1. The number of alkyl halides is 3. The number of rotatable bonds is 7. The predicted octanol–water partition coefficient (Wildman–Crippen LogP) is 5.11. The molecule has 3 heterocycles. The maximum Gasteiger partial charge on any atom is 0.393 e. The maximum absolute atomic E-state index is 13.2. The van der Waals surface area contributed by atoms with Crippen molar-refractivity contribution in [1.82, 2.24) is 19.6 Å². The number of hydrogen-bond donors (Lipinski definition) is 2. The van der Waals surface area contributed by atoms with Crippen LogP contribution in [0.5, 0.6) is 5.75 Å². The van der Waals surface area contributed by atoms with Crippen molar-refractivity contribution >= 4 is 11.7 Å². The SMILES string of the molecule is Cc1cnc2nc(CC3=C(O)CC(CCc4ccc(O)c(CC(F)(F)F)c4)(C4CCCC4)OC3=O)nn2c1. The Labute approximate surface area is 217 Å². The molecule has 1 aromatic carbocycles. The number of aliphatic hydroxyl groups is 1. The molecule has 0 radical (unpaired) electrons. The summed E-state index contributed by atoms with van der Waals surface area (Å²) in [5.74, 6) is -0.365. The molecule has 0 saturated heterocycles. The number of carbonyl (C=O) groups excluding carboxylic acids is 1. The number of benzene rings is 1. The molecule has 8 nitrogen and oxygen atoms in total. The Morgan fingerprint density at radius 3 is 2.68 bits per heavy atom. The van der Waals surface area contributed by atoms with Gasteiger partial charge in [-0.15, -0.1) is 5.10 Å². The quantitative estimate of drug-likeness (QED) is 0.409. The third-order valence-corrected chi connectivity index (χ3v) is 7.53. The zero-order valence-electron chi connectivity index (χ0n) is 21.0. The standard InChI is InChI=1S/C27H29F3N4O4/c1-16-14-31-25-32-23(33-34(25)15-16)11-20-22(36)13-26(38-24(20)37,19-4-2-3-5-19)9-8-17-6-7-21(35)18(10-17)12-27(28,29)30/h6-7,10,14-15,19,35-36H,2-5,8-9,11-13H2,1H3. The van der Waals surface area contributed by atoms with Gasteiger partial charge in [0.25, 0.3) is 5.78 Å². The first-order valence-electron chi connectivity index (χ1n) is 12.7. The summed E-state index contributed by atoms with van der Waals surface area (Å²) in [4.78, 5) is 21.8. The van der Waals surface area contributed by atoms with E-state index in [2.05, 4.69) is 15.1 Å². The van der Waals surface area contributed by atoms with E-state index >= 15 is 0 Å². The van der Waals surface area contributed by atoms with Gasteiger partial charge in [-0.25, -0.2) is 14.3 Å². The maximum atomic E-state index is 13.2. The molecule has 0 bridgehead atoms. The fraction of sp³-hybridized carbons (Fsp3) is 0.481. The van der Waals surface area contributed by atoms with Crippen LogP contribution in [-0.2, 0) is 28.8 Å². The van der Waals surface area contributed by atoms with Crippen LogP contribution in [0.3, 0.4) is 0 Å². The largest absolute Gasteiger partial charge is 0.512 e. The van der Waals surface area contributed by atoms with Gasteiger partial charge in [0.15, 0.2) is 5.82 Å². The normalized spacial score (nSPS) is 20.9. The fourth-order valence-corrected chi connectivity index (χ4v) is 5.65. The second-order valence-corrected chi connectivity index (χ2v) is 10.4. The summed E-state index contributed by atoms with van der Waals surface area (Å²) < 4.78 is 46.4. The lowest BCUT2D eigenvalue weighted by Crippen LogP contribution is -2.46. The van der Waals surface area contributed by atoms with Gasteiger partial charge in [-0.05, 0) is 55.7 Å². The summed E-state index contributed by atoms with van der Waals surface area (Å²) in [6, 6.07) is 4.19. The van der Waals surface area contributed by atoms with Gasteiger partial charge in [-0.3, -0.25) is 0 Å². The number of aliphatic hydroxyl groups excluding tert-OH is 1. The number of halogens is 3. The third-order valence-electron chi connectivity index (χ3n) is 7.53. The predicted molar refractivity (Wildman–Crippen MR) is 130 cm³/mol. The highest BCUT2D eigenvalue weighted by molar-refractivity contribution is 5.90. The van der Waals surface area contributed by atoms with Crippen molar-refractivity contribution in [3.8, 4) is 5.75 Å². The highest BCUT2D eigenvalue weighted by Gasteiger charge is 2.48. The van der Waals surface area contributed by atoms with Crippen molar-refractivity contribution in [2.75, 3.05) is 0 Å². The first-order valence-corrected chi connectivity index (χ1v) is 12.7. The average Bonchev–Trinajstić information content (AvgIpc) is 3.51. The molecular weight excluding hydrogens is 501 g/mol. The second-order valence-electron chi connectivity index (χ2n) is 10.4. The first-order chi connectivity index (χ1) is 18.0. The highest BCUT2D eigenvalue weighted by Crippen LogP contribution is 2.46. The summed E-state index contributed by atoms with van der Waals surface area (Å²) in [5.41, 5.74) is 0.437. The topological polar surface area (TPSA) is 110 Å². The summed E-state index contributed by atoms with van der Waals surface area (Å²) in [5, 5.41) is 25.3. The Balaban J connectivity index is 1.38. The molecule has 202 valence electrons. The van der Waals surface area contributed by atoms with Crippen molar-refractivity contribution in [3.63, 3.8) is 0 Å². The summed E-state index contributed by atoms with van der Waals surface area (Å²) >= 11 is 0. The Morgan fingerprint density at radius 1 is 1.21 bits per heavy atom. The van der Waals surface area contributed by atoms with E-state index in [1.165, 1.54) is 16.6 Å². The van der Waals surface area contributed by atoms with Crippen molar-refractivity contribution in [2.45, 2.75) is 76.5 Å². The van der Waals surface area contributed by atoms with E-state index in [1.54, 1.807) is 18.5 Å². The molecule has 1 unspecified atom stereocenters. The molecule has 11 heteroatoms. The third kappa shape index (κ3) is 5.46. The molecule has 0 spiro atoms. The lowest BCUT2D eigenvalue weighted by molar-refractivity contribution is -0.167. The van der Waals surface area contributed by atoms with Crippen molar-refractivity contribution in [2.24, 2.45) is 5.92 Å². The Hall–Kier alpha value is -3.63. The van der Waals surface area contributed by atoms with Crippen molar-refractivity contribution in [1.29, 1.82) is 0 Å². The molecule has 38 heavy (non-hydrogen) atoms. The Bertz CT molecular complexity index is 1390. The number of phenolic OH excluding ortho intramolecular Hbond substituents is 1. The van der Waals surface area contributed by atoms with Crippen LogP contribution in [0, 0.1) is 12.8 Å². The molecule has 1 atom stereocenters. The fourth-order valence-electron chi connectivity index (χ4n) is 5.65. The Morgan fingerprint density at radius 2 is 1.97 bits per heavy atom.